The summed E-state index contributed by atoms with van der Waals surface area (Å²) in [5.74, 6) is -1.18. The predicted octanol–water partition coefficient (Wildman–Crippen LogP) is 3.84. The second-order valence-electron chi connectivity index (χ2n) is 7.06. The summed E-state index contributed by atoms with van der Waals surface area (Å²) in [4.78, 5) is 25.7. The fraction of sp³-hybridized carbons (Fsp3) is 0.400. The molecule has 150 valence electrons. The van der Waals surface area contributed by atoms with Crippen LogP contribution in [0.2, 0.25) is 0 Å². The van der Waals surface area contributed by atoms with Gasteiger partial charge in [0.1, 0.15) is 6.04 Å². The first-order valence-corrected chi connectivity index (χ1v) is 8.96. The van der Waals surface area contributed by atoms with Gasteiger partial charge in [0, 0.05) is 22.6 Å². The summed E-state index contributed by atoms with van der Waals surface area (Å²) in [6, 6.07) is 5.92. The number of alkyl halides is 3. The molecule has 1 aromatic heterocycles. The van der Waals surface area contributed by atoms with Crippen LogP contribution in [0, 0.1) is 13.8 Å². The van der Waals surface area contributed by atoms with Crippen LogP contribution in [0.4, 0.5) is 13.2 Å². The largest absolute Gasteiger partial charge is 0.480 e. The van der Waals surface area contributed by atoms with Crippen molar-refractivity contribution >= 4 is 11.8 Å². The molecule has 1 aliphatic rings. The van der Waals surface area contributed by atoms with Crippen LogP contribution in [0.15, 0.2) is 30.3 Å². The zero-order chi connectivity index (χ0) is 20.6. The Morgan fingerprint density at radius 2 is 1.93 bits per heavy atom. The number of rotatable bonds is 5. The number of carboxylic acids is 1. The van der Waals surface area contributed by atoms with Crippen molar-refractivity contribution in [2.75, 3.05) is 13.1 Å². The molecule has 0 bridgehead atoms. The molecular formula is C20H21F3N2O3. The number of aliphatic carboxylic acids is 1. The van der Waals surface area contributed by atoms with E-state index < -0.39 is 23.8 Å². The number of aromatic nitrogens is 1. The lowest BCUT2D eigenvalue weighted by molar-refractivity contribution is -0.142. The van der Waals surface area contributed by atoms with Crippen molar-refractivity contribution in [1.82, 2.24) is 9.47 Å². The van der Waals surface area contributed by atoms with Gasteiger partial charge in [0.25, 0.3) is 0 Å². The fourth-order valence-electron chi connectivity index (χ4n) is 3.83. The van der Waals surface area contributed by atoms with Gasteiger partial charge in [-0.05, 0) is 57.5 Å². The zero-order valence-corrected chi connectivity index (χ0v) is 15.6. The van der Waals surface area contributed by atoms with Gasteiger partial charge < -0.3 is 9.67 Å². The van der Waals surface area contributed by atoms with Crippen molar-refractivity contribution < 1.29 is 27.9 Å². The third-order valence-corrected chi connectivity index (χ3v) is 5.16. The van der Waals surface area contributed by atoms with Gasteiger partial charge in [0.05, 0.1) is 12.1 Å². The number of likely N-dealkylation sites (tertiary alicyclic amines) is 1. The standard InChI is InChI=1S/C20H21F3N2O3/c1-12-9-16(18(26)11-24-8-4-7-17(24)19(27)28)13(2)25(12)15-6-3-5-14(10-15)20(21,22)23/h3,5-6,9-10,17H,4,7-8,11H2,1-2H3,(H,27,28)/t17-/m1/s1. The molecule has 2 aromatic rings. The molecule has 1 aromatic carbocycles. The van der Waals surface area contributed by atoms with Crippen LogP contribution in [0.25, 0.3) is 5.69 Å². The molecule has 0 saturated carbocycles. The average molecular weight is 394 g/mol. The minimum absolute atomic E-state index is 0.0240. The Labute approximate surface area is 160 Å². The van der Waals surface area contributed by atoms with Gasteiger partial charge in [-0.2, -0.15) is 13.2 Å². The average Bonchev–Trinajstić information content (AvgIpc) is 3.18. The molecule has 1 saturated heterocycles. The van der Waals surface area contributed by atoms with Crippen molar-refractivity contribution in [2.24, 2.45) is 0 Å². The summed E-state index contributed by atoms with van der Waals surface area (Å²) in [5.41, 5.74) is 1.13. The number of carboxylic acid groups (broad SMARTS) is 1. The maximum atomic E-state index is 13.0. The molecule has 0 unspecified atom stereocenters. The molecule has 1 atom stereocenters. The van der Waals surface area contributed by atoms with Gasteiger partial charge in [-0.1, -0.05) is 6.07 Å². The zero-order valence-electron chi connectivity index (χ0n) is 15.6. The van der Waals surface area contributed by atoms with E-state index in [1.165, 1.54) is 6.07 Å². The first-order valence-electron chi connectivity index (χ1n) is 8.96. The quantitative estimate of drug-likeness (QED) is 0.783. The molecule has 0 spiro atoms. The van der Waals surface area contributed by atoms with E-state index >= 15 is 0 Å². The van der Waals surface area contributed by atoms with E-state index in [1.54, 1.807) is 35.4 Å². The number of halogens is 3. The molecule has 0 amide bonds. The Hall–Kier alpha value is -2.61. The minimum atomic E-state index is -4.45. The molecule has 3 rings (SSSR count). The summed E-state index contributed by atoms with van der Waals surface area (Å²) < 4.78 is 40.7. The number of Topliss-reactive ketones (excluding diaryl/α,β-unsaturated/α-hetero) is 1. The van der Waals surface area contributed by atoms with Crippen LogP contribution in [0.3, 0.4) is 0 Å². The Morgan fingerprint density at radius 1 is 1.21 bits per heavy atom. The van der Waals surface area contributed by atoms with E-state index in [9.17, 15) is 27.9 Å². The summed E-state index contributed by atoms with van der Waals surface area (Å²) in [5, 5.41) is 9.26. The Balaban J connectivity index is 1.90. The van der Waals surface area contributed by atoms with Gasteiger partial charge in [0.15, 0.2) is 5.78 Å². The highest BCUT2D eigenvalue weighted by atomic mass is 19.4. The number of benzene rings is 1. The summed E-state index contributed by atoms with van der Waals surface area (Å²) in [6.45, 7) is 3.91. The second kappa shape index (κ2) is 7.43. The van der Waals surface area contributed by atoms with Crippen LogP contribution >= 0.6 is 0 Å². The maximum absolute atomic E-state index is 13.0. The van der Waals surface area contributed by atoms with Gasteiger partial charge in [-0.15, -0.1) is 0 Å². The Kier molecular flexibility index (Phi) is 5.34. The Morgan fingerprint density at radius 3 is 2.57 bits per heavy atom. The fourth-order valence-corrected chi connectivity index (χ4v) is 3.83. The lowest BCUT2D eigenvalue weighted by Crippen LogP contribution is -2.39. The Bertz CT molecular complexity index is 918. The van der Waals surface area contributed by atoms with Crippen LogP contribution in [0.5, 0.6) is 0 Å². The highest BCUT2D eigenvalue weighted by molar-refractivity contribution is 5.99. The topological polar surface area (TPSA) is 62.5 Å². The first-order chi connectivity index (χ1) is 13.1. The van der Waals surface area contributed by atoms with Gasteiger partial charge in [0.2, 0.25) is 0 Å². The van der Waals surface area contributed by atoms with E-state index in [0.717, 1.165) is 12.1 Å². The molecule has 1 N–H and O–H groups in total. The molecule has 1 aliphatic heterocycles. The van der Waals surface area contributed by atoms with E-state index in [4.69, 9.17) is 0 Å². The third kappa shape index (κ3) is 3.82. The number of carbonyl (C=O) groups is 2. The molecule has 1 fully saturated rings. The number of hydrogen-bond donors (Lipinski definition) is 1. The van der Waals surface area contributed by atoms with Crippen molar-refractivity contribution in [3.05, 3.63) is 52.8 Å². The van der Waals surface area contributed by atoms with Crippen molar-refractivity contribution in [3.63, 3.8) is 0 Å². The molecule has 2 heterocycles. The summed E-state index contributed by atoms with van der Waals surface area (Å²) in [7, 11) is 0. The van der Waals surface area contributed by atoms with Crippen LogP contribution in [-0.2, 0) is 11.0 Å². The molecule has 0 radical (unpaired) electrons. The van der Waals surface area contributed by atoms with Crippen molar-refractivity contribution in [3.8, 4) is 5.69 Å². The third-order valence-electron chi connectivity index (χ3n) is 5.16. The number of carbonyl (C=O) groups excluding carboxylic acids is 1. The van der Waals surface area contributed by atoms with Gasteiger partial charge >= 0.3 is 12.1 Å². The summed E-state index contributed by atoms with van der Waals surface area (Å²) >= 11 is 0. The van der Waals surface area contributed by atoms with Crippen molar-refractivity contribution in [2.45, 2.75) is 38.9 Å². The first kappa shape index (κ1) is 20.1. The van der Waals surface area contributed by atoms with Crippen molar-refractivity contribution in [1.29, 1.82) is 0 Å². The van der Waals surface area contributed by atoms with E-state index in [-0.39, 0.29) is 12.3 Å². The summed E-state index contributed by atoms with van der Waals surface area (Å²) in [6.07, 6.45) is -3.23. The second-order valence-corrected chi connectivity index (χ2v) is 7.06. The van der Waals surface area contributed by atoms with Crippen LogP contribution in [-0.4, -0.2) is 45.5 Å². The van der Waals surface area contributed by atoms with E-state index in [2.05, 4.69) is 0 Å². The maximum Gasteiger partial charge on any atom is 0.416 e. The normalized spacial score (nSPS) is 17.8. The number of hydrogen-bond acceptors (Lipinski definition) is 3. The lowest BCUT2D eigenvalue weighted by Gasteiger charge is -2.20. The predicted molar refractivity (Wildman–Crippen MR) is 96.8 cm³/mol. The number of aryl methyl sites for hydroxylation is 1. The van der Waals surface area contributed by atoms with Gasteiger partial charge in [-0.25, -0.2) is 0 Å². The smallest absolute Gasteiger partial charge is 0.416 e. The molecular weight excluding hydrogens is 373 g/mol. The van der Waals surface area contributed by atoms with Crippen LogP contribution in [0.1, 0.15) is 40.2 Å². The highest BCUT2D eigenvalue weighted by Crippen LogP contribution is 2.31. The highest BCUT2D eigenvalue weighted by Gasteiger charge is 2.33. The monoisotopic (exact) mass is 394 g/mol. The molecule has 0 aliphatic carbocycles. The lowest BCUT2D eigenvalue weighted by atomic mass is 10.1. The van der Waals surface area contributed by atoms with E-state index in [0.29, 0.717) is 42.0 Å². The molecule has 8 heteroatoms. The molecule has 5 nitrogen and oxygen atoms in total. The number of ketones is 1. The SMILES string of the molecule is Cc1cc(C(=O)CN2CCC[C@@H]2C(=O)O)c(C)n1-c1cccc(C(F)(F)F)c1. The molecule has 28 heavy (non-hydrogen) atoms. The van der Waals surface area contributed by atoms with Crippen LogP contribution < -0.4 is 0 Å². The minimum Gasteiger partial charge on any atom is -0.480 e. The number of nitrogens with zero attached hydrogens (tertiary/aromatic N) is 2. The van der Waals surface area contributed by atoms with E-state index in [1.807, 2.05) is 0 Å². The van der Waals surface area contributed by atoms with Gasteiger partial charge in [-0.3, -0.25) is 14.5 Å².